The molecule has 1 aliphatic rings. The SMILES string of the molecule is CC1CCN(Cc2ccc(CNc3nc4[nH]ncc4c(=O)[nH]3)cc2)CC1. The minimum atomic E-state index is -0.197. The summed E-state index contributed by atoms with van der Waals surface area (Å²) in [6, 6.07) is 8.62. The fourth-order valence-electron chi connectivity index (χ4n) is 3.36. The molecule has 7 heteroatoms. The highest BCUT2D eigenvalue weighted by atomic mass is 16.1. The lowest BCUT2D eigenvalue weighted by Crippen LogP contribution is -2.32. The fourth-order valence-corrected chi connectivity index (χ4v) is 3.36. The number of aromatic amines is 2. The molecule has 0 unspecified atom stereocenters. The Hall–Kier alpha value is -2.67. The van der Waals surface area contributed by atoms with Crippen LogP contribution in [0.2, 0.25) is 0 Å². The van der Waals surface area contributed by atoms with Crippen LogP contribution >= 0.6 is 0 Å². The summed E-state index contributed by atoms with van der Waals surface area (Å²) in [6.45, 7) is 6.35. The number of benzene rings is 1. The smallest absolute Gasteiger partial charge is 0.263 e. The van der Waals surface area contributed by atoms with Gasteiger partial charge in [-0.05, 0) is 43.0 Å². The lowest BCUT2D eigenvalue weighted by Gasteiger charge is -2.30. The zero-order chi connectivity index (χ0) is 17.9. The second kappa shape index (κ2) is 7.29. The van der Waals surface area contributed by atoms with Gasteiger partial charge in [-0.2, -0.15) is 10.1 Å². The number of aromatic nitrogens is 4. The quantitative estimate of drug-likeness (QED) is 0.656. The summed E-state index contributed by atoms with van der Waals surface area (Å²) in [5, 5.41) is 10.2. The minimum Gasteiger partial charge on any atom is -0.352 e. The van der Waals surface area contributed by atoms with Gasteiger partial charge >= 0.3 is 0 Å². The largest absolute Gasteiger partial charge is 0.352 e. The van der Waals surface area contributed by atoms with Crippen molar-refractivity contribution in [1.82, 2.24) is 25.1 Å². The third kappa shape index (κ3) is 3.77. The lowest BCUT2D eigenvalue weighted by molar-refractivity contribution is 0.185. The Morgan fingerprint density at radius 2 is 1.92 bits per heavy atom. The molecule has 0 radical (unpaired) electrons. The summed E-state index contributed by atoms with van der Waals surface area (Å²) in [4.78, 5) is 21.5. The number of fused-ring (bicyclic) bond motifs is 1. The highest BCUT2D eigenvalue weighted by Gasteiger charge is 2.15. The average Bonchev–Trinajstić information content (AvgIpc) is 3.12. The van der Waals surface area contributed by atoms with Crippen LogP contribution in [-0.2, 0) is 13.1 Å². The Kier molecular flexibility index (Phi) is 4.71. The molecule has 0 bridgehead atoms. The van der Waals surface area contributed by atoms with Gasteiger partial charge in [-0.15, -0.1) is 0 Å². The van der Waals surface area contributed by atoms with E-state index in [-0.39, 0.29) is 5.56 Å². The molecule has 1 aliphatic heterocycles. The number of nitrogens with zero attached hydrogens (tertiary/aromatic N) is 3. The maximum absolute atomic E-state index is 11.9. The van der Waals surface area contributed by atoms with E-state index in [2.05, 4.69) is 61.6 Å². The predicted molar refractivity (Wildman–Crippen MR) is 102 cm³/mol. The van der Waals surface area contributed by atoms with Crippen LogP contribution in [0.3, 0.4) is 0 Å². The minimum absolute atomic E-state index is 0.197. The van der Waals surface area contributed by atoms with E-state index in [1.54, 1.807) is 0 Å². The molecule has 4 rings (SSSR count). The first kappa shape index (κ1) is 16.8. The van der Waals surface area contributed by atoms with Gasteiger partial charge in [0, 0.05) is 13.1 Å². The molecule has 7 nitrogen and oxygen atoms in total. The van der Waals surface area contributed by atoms with Gasteiger partial charge in [0.25, 0.3) is 5.56 Å². The van der Waals surface area contributed by atoms with Crippen LogP contribution in [0.25, 0.3) is 11.0 Å². The van der Waals surface area contributed by atoms with E-state index >= 15 is 0 Å². The molecule has 1 aromatic carbocycles. The molecule has 2 aromatic heterocycles. The molecule has 3 heterocycles. The standard InChI is InChI=1S/C19H24N6O/c1-13-6-8-25(9-7-13)12-15-4-2-14(3-5-15)10-20-19-22-17-16(11-21-24-17)18(26)23-19/h2-5,11,13H,6-10,12H2,1H3,(H3,20,21,22,23,24,26). The molecule has 0 aliphatic carbocycles. The van der Waals surface area contributed by atoms with Gasteiger partial charge in [-0.25, -0.2) is 0 Å². The van der Waals surface area contributed by atoms with Crippen molar-refractivity contribution in [1.29, 1.82) is 0 Å². The number of rotatable bonds is 5. The summed E-state index contributed by atoms with van der Waals surface area (Å²) >= 11 is 0. The fraction of sp³-hybridized carbons (Fsp3) is 0.421. The Morgan fingerprint density at radius 1 is 1.19 bits per heavy atom. The van der Waals surface area contributed by atoms with Crippen LogP contribution in [0.15, 0.2) is 35.3 Å². The summed E-state index contributed by atoms with van der Waals surface area (Å²) in [6.07, 6.45) is 4.08. The van der Waals surface area contributed by atoms with Crippen molar-refractivity contribution in [2.75, 3.05) is 18.4 Å². The molecule has 0 spiro atoms. The number of H-pyrrole nitrogens is 2. The first-order valence-corrected chi connectivity index (χ1v) is 9.15. The van der Waals surface area contributed by atoms with Gasteiger partial charge in [0.2, 0.25) is 5.95 Å². The van der Waals surface area contributed by atoms with Crippen molar-refractivity contribution >= 4 is 17.0 Å². The van der Waals surface area contributed by atoms with E-state index in [1.807, 2.05) is 0 Å². The Morgan fingerprint density at radius 3 is 2.69 bits per heavy atom. The third-order valence-electron chi connectivity index (χ3n) is 5.08. The second-order valence-electron chi connectivity index (χ2n) is 7.18. The van der Waals surface area contributed by atoms with Gasteiger partial charge in [0.05, 0.1) is 6.20 Å². The molecule has 0 amide bonds. The van der Waals surface area contributed by atoms with Crippen molar-refractivity contribution in [2.45, 2.75) is 32.9 Å². The summed E-state index contributed by atoms with van der Waals surface area (Å²) in [7, 11) is 0. The van der Waals surface area contributed by atoms with Crippen molar-refractivity contribution in [3.05, 3.63) is 51.9 Å². The molecule has 0 saturated carbocycles. The van der Waals surface area contributed by atoms with Gasteiger partial charge in [0.15, 0.2) is 5.65 Å². The van der Waals surface area contributed by atoms with Crippen LogP contribution in [-0.4, -0.2) is 38.2 Å². The number of nitrogens with one attached hydrogen (secondary N) is 3. The second-order valence-corrected chi connectivity index (χ2v) is 7.18. The molecule has 1 fully saturated rings. The first-order chi connectivity index (χ1) is 12.7. The van der Waals surface area contributed by atoms with Crippen LogP contribution in [0, 0.1) is 5.92 Å². The molecular formula is C19H24N6O. The van der Waals surface area contributed by atoms with E-state index < -0.39 is 0 Å². The topological polar surface area (TPSA) is 89.7 Å². The van der Waals surface area contributed by atoms with Crippen molar-refractivity contribution in [2.24, 2.45) is 5.92 Å². The number of likely N-dealkylation sites (tertiary alicyclic amines) is 1. The lowest BCUT2D eigenvalue weighted by atomic mass is 9.99. The summed E-state index contributed by atoms with van der Waals surface area (Å²) in [5.74, 6) is 1.30. The van der Waals surface area contributed by atoms with Crippen molar-refractivity contribution < 1.29 is 0 Å². The van der Waals surface area contributed by atoms with Crippen LogP contribution < -0.4 is 10.9 Å². The maximum atomic E-state index is 11.9. The summed E-state index contributed by atoms with van der Waals surface area (Å²) < 4.78 is 0. The van der Waals surface area contributed by atoms with E-state index in [0.717, 1.165) is 18.0 Å². The van der Waals surface area contributed by atoms with Gasteiger partial charge in [-0.3, -0.25) is 19.8 Å². The van der Waals surface area contributed by atoms with Crippen LogP contribution in [0.5, 0.6) is 0 Å². The van der Waals surface area contributed by atoms with E-state index in [9.17, 15) is 4.79 Å². The highest BCUT2D eigenvalue weighted by molar-refractivity contribution is 5.73. The Labute approximate surface area is 151 Å². The normalized spacial score (nSPS) is 16.2. The number of hydrogen-bond acceptors (Lipinski definition) is 5. The highest BCUT2D eigenvalue weighted by Crippen LogP contribution is 2.18. The van der Waals surface area contributed by atoms with E-state index in [1.165, 1.54) is 37.7 Å². The van der Waals surface area contributed by atoms with E-state index in [0.29, 0.717) is 23.5 Å². The monoisotopic (exact) mass is 352 g/mol. The van der Waals surface area contributed by atoms with Crippen molar-refractivity contribution in [3.8, 4) is 0 Å². The van der Waals surface area contributed by atoms with Gasteiger partial charge < -0.3 is 5.32 Å². The molecule has 0 atom stereocenters. The molecule has 3 N–H and O–H groups in total. The number of hydrogen-bond donors (Lipinski definition) is 3. The average molecular weight is 352 g/mol. The third-order valence-corrected chi connectivity index (χ3v) is 5.08. The Bertz CT molecular complexity index is 921. The maximum Gasteiger partial charge on any atom is 0.263 e. The zero-order valence-corrected chi connectivity index (χ0v) is 15.0. The van der Waals surface area contributed by atoms with Gasteiger partial charge in [-0.1, -0.05) is 31.2 Å². The van der Waals surface area contributed by atoms with Crippen molar-refractivity contribution in [3.63, 3.8) is 0 Å². The molecule has 1 saturated heterocycles. The van der Waals surface area contributed by atoms with Gasteiger partial charge in [0.1, 0.15) is 5.39 Å². The summed E-state index contributed by atoms with van der Waals surface area (Å²) in [5.41, 5.74) is 2.78. The molecule has 26 heavy (non-hydrogen) atoms. The van der Waals surface area contributed by atoms with Crippen LogP contribution in [0.4, 0.5) is 5.95 Å². The number of piperidine rings is 1. The number of anilines is 1. The first-order valence-electron chi connectivity index (χ1n) is 9.15. The van der Waals surface area contributed by atoms with E-state index in [4.69, 9.17) is 0 Å². The van der Waals surface area contributed by atoms with Crippen LogP contribution in [0.1, 0.15) is 30.9 Å². The molecular weight excluding hydrogens is 328 g/mol. The Balaban J connectivity index is 1.35. The predicted octanol–water partition coefficient (Wildman–Crippen LogP) is 2.49. The molecule has 136 valence electrons. The molecule has 3 aromatic rings. The zero-order valence-electron chi connectivity index (χ0n) is 15.0.